The predicted octanol–water partition coefficient (Wildman–Crippen LogP) is 2.22. The first-order chi connectivity index (χ1) is 12.9. The Hall–Kier alpha value is -2.19. The maximum atomic E-state index is 13.1. The molecule has 2 aromatic rings. The number of aromatic nitrogens is 2. The van der Waals surface area contributed by atoms with Crippen molar-refractivity contribution in [3.8, 4) is 0 Å². The molecule has 7 nitrogen and oxygen atoms in total. The van der Waals surface area contributed by atoms with Crippen molar-refractivity contribution in [1.29, 1.82) is 0 Å². The van der Waals surface area contributed by atoms with Crippen LogP contribution >= 0.6 is 0 Å². The van der Waals surface area contributed by atoms with Gasteiger partial charge in [0.1, 0.15) is 0 Å². The van der Waals surface area contributed by atoms with Crippen LogP contribution in [0.25, 0.3) is 0 Å². The van der Waals surface area contributed by atoms with E-state index in [1.807, 2.05) is 31.2 Å². The molecule has 0 aliphatic carbocycles. The normalized spacial score (nSPS) is 16.1. The predicted molar refractivity (Wildman–Crippen MR) is 103 cm³/mol. The Kier molecular flexibility index (Phi) is 5.96. The Morgan fingerprint density at radius 1 is 1.19 bits per heavy atom. The third-order valence-corrected chi connectivity index (χ3v) is 6.56. The average molecular weight is 391 g/mol. The number of nitrogens with one attached hydrogen (secondary N) is 1. The van der Waals surface area contributed by atoms with E-state index in [2.05, 4.69) is 10.4 Å². The van der Waals surface area contributed by atoms with Crippen molar-refractivity contribution in [3.05, 3.63) is 47.2 Å². The zero-order valence-corrected chi connectivity index (χ0v) is 16.6. The molecule has 1 N–H and O–H groups in total. The van der Waals surface area contributed by atoms with Crippen LogP contribution in [0.5, 0.6) is 0 Å². The van der Waals surface area contributed by atoms with Crippen LogP contribution in [0.4, 0.5) is 0 Å². The van der Waals surface area contributed by atoms with Crippen molar-refractivity contribution >= 4 is 15.9 Å². The molecule has 146 valence electrons. The number of benzene rings is 1. The highest BCUT2D eigenvalue weighted by molar-refractivity contribution is 7.89. The Labute approximate surface area is 160 Å². The van der Waals surface area contributed by atoms with Crippen molar-refractivity contribution in [1.82, 2.24) is 19.4 Å². The standard InChI is InChI=1S/C19H26N4O3S/c1-15-8-7-9-16(12-15)13-20-18(24)17-14-22(2)21-19(17)27(25,26)23-10-5-3-4-6-11-23/h7-9,12,14H,3-6,10-11,13H2,1-2H3,(H,20,24). The molecule has 0 saturated carbocycles. The first-order valence-electron chi connectivity index (χ1n) is 9.25. The number of carbonyl (C=O) groups excluding carboxylic acids is 1. The van der Waals surface area contributed by atoms with Gasteiger partial charge in [-0.2, -0.15) is 9.40 Å². The molecule has 1 aliphatic heterocycles. The van der Waals surface area contributed by atoms with Crippen LogP contribution in [0.2, 0.25) is 0 Å². The van der Waals surface area contributed by atoms with Gasteiger partial charge in [0.25, 0.3) is 15.9 Å². The topological polar surface area (TPSA) is 84.3 Å². The molecule has 27 heavy (non-hydrogen) atoms. The summed E-state index contributed by atoms with van der Waals surface area (Å²) in [5.74, 6) is -0.432. The lowest BCUT2D eigenvalue weighted by atomic mass is 10.1. The quantitative estimate of drug-likeness (QED) is 0.848. The molecule has 1 aliphatic rings. The second-order valence-corrected chi connectivity index (χ2v) is 8.86. The molecule has 1 aromatic heterocycles. The first-order valence-corrected chi connectivity index (χ1v) is 10.7. The van der Waals surface area contributed by atoms with E-state index in [0.29, 0.717) is 19.6 Å². The summed E-state index contributed by atoms with van der Waals surface area (Å²) in [7, 11) is -2.17. The fourth-order valence-electron chi connectivity index (χ4n) is 3.32. The second kappa shape index (κ2) is 8.22. The van der Waals surface area contributed by atoms with Crippen LogP contribution < -0.4 is 5.32 Å². The smallest absolute Gasteiger partial charge is 0.263 e. The summed E-state index contributed by atoms with van der Waals surface area (Å²) in [6, 6.07) is 7.82. The Bertz CT molecular complexity index is 913. The molecule has 0 spiro atoms. The number of hydrogen-bond acceptors (Lipinski definition) is 4. The van der Waals surface area contributed by atoms with Crippen LogP contribution in [-0.4, -0.2) is 41.5 Å². The van der Waals surface area contributed by atoms with Crippen LogP contribution in [-0.2, 0) is 23.6 Å². The van der Waals surface area contributed by atoms with Gasteiger partial charge < -0.3 is 5.32 Å². The number of sulfonamides is 1. The summed E-state index contributed by atoms with van der Waals surface area (Å²) < 4.78 is 29.0. The molecule has 1 amide bonds. The van der Waals surface area contributed by atoms with Crippen molar-refractivity contribution in [2.24, 2.45) is 7.05 Å². The molecule has 3 rings (SSSR count). The van der Waals surface area contributed by atoms with Gasteiger partial charge in [-0.25, -0.2) is 8.42 Å². The minimum atomic E-state index is -3.79. The molecule has 1 fully saturated rings. The molecular formula is C19H26N4O3S. The highest BCUT2D eigenvalue weighted by Gasteiger charge is 2.32. The van der Waals surface area contributed by atoms with Crippen molar-refractivity contribution in [2.45, 2.75) is 44.2 Å². The Morgan fingerprint density at radius 3 is 2.56 bits per heavy atom. The molecule has 0 atom stereocenters. The summed E-state index contributed by atoms with van der Waals surface area (Å²) >= 11 is 0. The van der Waals surface area contributed by atoms with E-state index in [1.165, 1.54) is 15.2 Å². The molecule has 0 radical (unpaired) electrons. The highest BCUT2D eigenvalue weighted by atomic mass is 32.2. The lowest BCUT2D eigenvalue weighted by Gasteiger charge is -2.19. The van der Waals surface area contributed by atoms with Gasteiger partial charge in [0.2, 0.25) is 5.03 Å². The van der Waals surface area contributed by atoms with E-state index >= 15 is 0 Å². The minimum absolute atomic E-state index is 0.0920. The van der Waals surface area contributed by atoms with Gasteiger partial charge in [-0.05, 0) is 25.3 Å². The number of amides is 1. The molecule has 0 bridgehead atoms. The number of hydrogen-bond donors (Lipinski definition) is 1. The van der Waals surface area contributed by atoms with Gasteiger partial charge in [0, 0.05) is 32.9 Å². The summed E-state index contributed by atoms with van der Waals surface area (Å²) in [6.07, 6.45) is 5.19. The molecule has 1 aromatic carbocycles. The number of nitrogens with zero attached hydrogens (tertiary/aromatic N) is 3. The number of rotatable bonds is 5. The van der Waals surface area contributed by atoms with Crippen LogP contribution in [0, 0.1) is 6.92 Å². The summed E-state index contributed by atoms with van der Waals surface area (Å²) in [4.78, 5) is 12.7. The Morgan fingerprint density at radius 2 is 1.89 bits per heavy atom. The van der Waals surface area contributed by atoms with E-state index in [0.717, 1.165) is 36.8 Å². The lowest BCUT2D eigenvalue weighted by Crippen LogP contribution is -2.34. The molecule has 1 saturated heterocycles. The maximum Gasteiger partial charge on any atom is 0.263 e. The van der Waals surface area contributed by atoms with Gasteiger partial charge >= 0.3 is 0 Å². The van der Waals surface area contributed by atoms with Gasteiger partial charge in [-0.1, -0.05) is 42.7 Å². The fourth-order valence-corrected chi connectivity index (χ4v) is 4.96. The SMILES string of the molecule is Cc1cccc(CNC(=O)c2cn(C)nc2S(=O)(=O)N2CCCCCC2)c1. The second-order valence-electron chi connectivity index (χ2n) is 7.01. The van der Waals surface area contributed by atoms with E-state index in [4.69, 9.17) is 0 Å². The minimum Gasteiger partial charge on any atom is -0.348 e. The van der Waals surface area contributed by atoms with Gasteiger partial charge in [-0.15, -0.1) is 0 Å². The van der Waals surface area contributed by atoms with Crippen LogP contribution in [0.15, 0.2) is 35.5 Å². The van der Waals surface area contributed by atoms with Gasteiger partial charge in [0.15, 0.2) is 0 Å². The monoisotopic (exact) mass is 390 g/mol. The number of carbonyl (C=O) groups is 1. The van der Waals surface area contributed by atoms with E-state index < -0.39 is 15.9 Å². The van der Waals surface area contributed by atoms with Crippen LogP contribution in [0.1, 0.15) is 47.2 Å². The van der Waals surface area contributed by atoms with E-state index in [-0.39, 0.29) is 10.6 Å². The van der Waals surface area contributed by atoms with Crippen molar-refractivity contribution in [2.75, 3.05) is 13.1 Å². The molecule has 2 heterocycles. The van der Waals surface area contributed by atoms with E-state index in [9.17, 15) is 13.2 Å². The van der Waals surface area contributed by atoms with Crippen molar-refractivity contribution in [3.63, 3.8) is 0 Å². The van der Waals surface area contributed by atoms with Gasteiger partial charge in [0.05, 0.1) is 5.56 Å². The third kappa shape index (κ3) is 4.56. The lowest BCUT2D eigenvalue weighted by molar-refractivity contribution is 0.0947. The summed E-state index contributed by atoms with van der Waals surface area (Å²) in [5, 5.41) is 6.75. The number of aryl methyl sites for hydroxylation is 2. The van der Waals surface area contributed by atoms with Crippen LogP contribution in [0.3, 0.4) is 0 Å². The highest BCUT2D eigenvalue weighted by Crippen LogP contribution is 2.22. The maximum absolute atomic E-state index is 13.1. The fraction of sp³-hybridized carbons (Fsp3) is 0.474. The van der Waals surface area contributed by atoms with Gasteiger partial charge in [-0.3, -0.25) is 9.48 Å². The third-order valence-electron chi connectivity index (χ3n) is 4.72. The molecule has 0 unspecified atom stereocenters. The average Bonchev–Trinajstić information content (AvgIpc) is 2.84. The summed E-state index contributed by atoms with van der Waals surface area (Å²) in [5.41, 5.74) is 2.16. The molecular weight excluding hydrogens is 364 g/mol. The zero-order chi connectivity index (χ0) is 19.4. The largest absolute Gasteiger partial charge is 0.348 e. The Balaban J connectivity index is 1.81. The van der Waals surface area contributed by atoms with Crippen molar-refractivity contribution < 1.29 is 13.2 Å². The first kappa shape index (κ1) is 19.6. The molecule has 8 heteroatoms. The zero-order valence-electron chi connectivity index (χ0n) is 15.8. The summed E-state index contributed by atoms with van der Waals surface area (Å²) in [6.45, 7) is 3.27. The van der Waals surface area contributed by atoms with E-state index in [1.54, 1.807) is 7.05 Å².